The SMILES string of the molecule is CCc1ccc(Cn2nc(C)nc2COCC2CCCO2)cc1. The van der Waals surface area contributed by atoms with Crippen molar-refractivity contribution in [3.63, 3.8) is 0 Å². The molecule has 2 heterocycles. The third kappa shape index (κ3) is 4.39. The maximum Gasteiger partial charge on any atom is 0.153 e. The maximum atomic E-state index is 5.78. The first-order valence-corrected chi connectivity index (χ1v) is 8.42. The summed E-state index contributed by atoms with van der Waals surface area (Å²) < 4.78 is 13.3. The topological polar surface area (TPSA) is 49.2 Å². The molecule has 0 aliphatic carbocycles. The molecule has 1 saturated heterocycles. The van der Waals surface area contributed by atoms with Crippen molar-refractivity contribution in [1.29, 1.82) is 0 Å². The number of ether oxygens (including phenoxy) is 2. The van der Waals surface area contributed by atoms with E-state index < -0.39 is 0 Å². The van der Waals surface area contributed by atoms with Gasteiger partial charge in [0.05, 0.1) is 19.3 Å². The van der Waals surface area contributed by atoms with Crippen molar-refractivity contribution in [2.75, 3.05) is 13.2 Å². The second-order valence-electron chi connectivity index (χ2n) is 6.05. The van der Waals surface area contributed by atoms with Crippen LogP contribution in [-0.2, 0) is 29.0 Å². The van der Waals surface area contributed by atoms with E-state index in [2.05, 4.69) is 41.3 Å². The molecule has 1 aromatic heterocycles. The van der Waals surface area contributed by atoms with Gasteiger partial charge in [0.15, 0.2) is 5.82 Å². The van der Waals surface area contributed by atoms with Gasteiger partial charge in [-0.15, -0.1) is 0 Å². The van der Waals surface area contributed by atoms with Crippen LogP contribution in [-0.4, -0.2) is 34.1 Å². The van der Waals surface area contributed by atoms with E-state index in [0.29, 0.717) is 13.2 Å². The third-order valence-electron chi connectivity index (χ3n) is 4.18. The minimum absolute atomic E-state index is 0.244. The summed E-state index contributed by atoms with van der Waals surface area (Å²) in [6.45, 7) is 6.78. The normalized spacial score (nSPS) is 17.7. The highest BCUT2D eigenvalue weighted by molar-refractivity contribution is 5.22. The van der Waals surface area contributed by atoms with Gasteiger partial charge in [0, 0.05) is 6.61 Å². The first kappa shape index (κ1) is 16.1. The lowest BCUT2D eigenvalue weighted by molar-refractivity contribution is 0.00771. The molecule has 5 heteroatoms. The Bertz CT molecular complexity index is 616. The van der Waals surface area contributed by atoms with Crippen molar-refractivity contribution in [3.8, 4) is 0 Å². The summed E-state index contributed by atoms with van der Waals surface area (Å²) in [6, 6.07) is 8.67. The van der Waals surface area contributed by atoms with Crippen molar-refractivity contribution in [3.05, 3.63) is 47.0 Å². The van der Waals surface area contributed by atoms with Crippen molar-refractivity contribution in [2.24, 2.45) is 0 Å². The smallest absolute Gasteiger partial charge is 0.153 e. The fraction of sp³-hybridized carbons (Fsp3) is 0.556. The Labute approximate surface area is 137 Å². The van der Waals surface area contributed by atoms with Gasteiger partial charge in [-0.05, 0) is 37.3 Å². The van der Waals surface area contributed by atoms with Crippen LogP contribution in [0, 0.1) is 6.92 Å². The second-order valence-corrected chi connectivity index (χ2v) is 6.05. The van der Waals surface area contributed by atoms with Gasteiger partial charge in [-0.3, -0.25) is 0 Å². The number of rotatable bonds is 7. The minimum atomic E-state index is 0.244. The van der Waals surface area contributed by atoms with Crippen molar-refractivity contribution in [1.82, 2.24) is 14.8 Å². The average molecular weight is 315 g/mol. The van der Waals surface area contributed by atoms with Gasteiger partial charge in [-0.1, -0.05) is 31.2 Å². The van der Waals surface area contributed by atoms with Crippen LogP contribution in [0.2, 0.25) is 0 Å². The van der Waals surface area contributed by atoms with Crippen LogP contribution < -0.4 is 0 Å². The number of aryl methyl sites for hydroxylation is 2. The molecule has 3 rings (SSSR count). The van der Waals surface area contributed by atoms with Gasteiger partial charge >= 0.3 is 0 Å². The standard InChI is InChI=1S/C18H25N3O2/c1-3-15-6-8-16(9-7-15)11-21-18(19-14(2)20-21)13-22-12-17-5-4-10-23-17/h6-9,17H,3-5,10-13H2,1-2H3. The Kier molecular flexibility index (Phi) is 5.41. The summed E-state index contributed by atoms with van der Waals surface area (Å²) in [7, 11) is 0. The van der Waals surface area contributed by atoms with Crippen LogP contribution in [0.4, 0.5) is 0 Å². The Morgan fingerprint density at radius 1 is 1.26 bits per heavy atom. The van der Waals surface area contributed by atoms with Crippen LogP contribution in [0.15, 0.2) is 24.3 Å². The van der Waals surface area contributed by atoms with Crippen molar-refractivity contribution in [2.45, 2.75) is 52.4 Å². The zero-order chi connectivity index (χ0) is 16.1. The quantitative estimate of drug-likeness (QED) is 0.788. The molecular formula is C18H25N3O2. The van der Waals surface area contributed by atoms with Crippen LogP contribution in [0.25, 0.3) is 0 Å². The van der Waals surface area contributed by atoms with Gasteiger partial charge in [-0.25, -0.2) is 9.67 Å². The van der Waals surface area contributed by atoms with E-state index >= 15 is 0 Å². The predicted molar refractivity (Wildman–Crippen MR) is 88.3 cm³/mol. The Morgan fingerprint density at radius 3 is 2.74 bits per heavy atom. The number of aromatic nitrogens is 3. The molecular weight excluding hydrogens is 290 g/mol. The van der Waals surface area contributed by atoms with Crippen LogP contribution in [0.5, 0.6) is 0 Å². The van der Waals surface area contributed by atoms with Crippen LogP contribution in [0.3, 0.4) is 0 Å². The molecule has 124 valence electrons. The van der Waals surface area contributed by atoms with E-state index in [4.69, 9.17) is 9.47 Å². The van der Waals surface area contributed by atoms with E-state index in [9.17, 15) is 0 Å². The molecule has 0 amide bonds. The third-order valence-corrected chi connectivity index (χ3v) is 4.18. The van der Waals surface area contributed by atoms with Gasteiger partial charge < -0.3 is 9.47 Å². The molecule has 0 spiro atoms. The lowest BCUT2D eigenvalue weighted by Gasteiger charge is -2.11. The Hall–Kier alpha value is -1.72. The molecule has 2 aromatic rings. The average Bonchev–Trinajstić information content (AvgIpc) is 3.18. The lowest BCUT2D eigenvalue weighted by atomic mass is 10.1. The molecule has 23 heavy (non-hydrogen) atoms. The monoisotopic (exact) mass is 315 g/mol. The largest absolute Gasteiger partial charge is 0.376 e. The lowest BCUT2D eigenvalue weighted by Crippen LogP contribution is -2.16. The predicted octanol–water partition coefficient (Wildman–Crippen LogP) is 2.89. The van der Waals surface area contributed by atoms with E-state index in [0.717, 1.165) is 44.1 Å². The molecule has 0 saturated carbocycles. The Balaban J connectivity index is 1.59. The first-order chi connectivity index (χ1) is 11.2. The maximum absolute atomic E-state index is 5.78. The second kappa shape index (κ2) is 7.70. The van der Waals surface area contributed by atoms with Gasteiger partial charge in [0.1, 0.15) is 12.4 Å². The summed E-state index contributed by atoms with van der Waals surface area (Å²) in [5, 5.41) is 4.49. The number of benzene rings is 1. The van der Waals surface area contributed by atoms with Gasteiger partial charge in [-0.2, -0.15) is 5.10 Å². The molecule has 1 aliphatic rings. The summed E-state index contributed by atoms with van der Waals surface area (Å²) in [5.41, 5.74) is 2.58. The highest BCUT2D eigenvalue weighted by Crippen LogP contribution is 2.13. The zero-order valence-corrected chi connectivity index (χ0v) is 14.0. The van der Waals surface area contributed by atoms with E-state index in [1.807, 2.05) is 11.6 Å². The number of hydrogen-bond donors (Lipinski definition) is 0. The fourth-order valence-corrected chi connectivity index (χ4v) is 2.84. The molecule has 0 N–H and O–H groups in total. The Morgan fingerprint density at radius 2 is 2.04 bits per heavy atom. The van der Waals surface area contributed by atoms with E-state index in [1.165, 1.54) is 11.1 Å². The molecule has 5 nitrogen and oxygen atoms in total. The van der Waals surface area contributed by atoms with Gasteiger partial charge in [0.25, 0.3) is 0 Å². The van der Waals surface area contributed by atoms with Crippen LogP contribution >= 0.6 is 0 Å². The number of nitrogens with zero attached hydrogens (tertiary/aromatic N) is 3. The van der Waals surface area contributed by atoms with Crippen molar-refractivity contribution >= 4 is 0 Å². The summed E-state index contributed by atoms with van der Waals surface area (Å²) in [6.07, 6.45) is 3.53. The summed E-state index contributed by atoms with van der Waals surface area (Å²) in [4.78, 5) is 4.49. The highest BCUT2D eigenvalue weighted by atomic mass is 16.5. The summed E-state index contributed by atoms with van der Waals surface area (Å²) in [5.74, 6) is 1.66. The molecule has 1 aliphatic heterocycles. The fourth-order valence-electron chi connectivity index (χ4n) is 2.84. The van der Waals surface area contributed by atoms with E-state index in [1.54, 1.807) is 0 Å². The molecule has 1 fully saturated rings. The zero-order valence-electron chi connectivity index (χ0n) is 14.0. The van der Waals surface area contributed by atoms with Crippen molar-refractivity contribution < 1.29 is 9.47 Å². The number of hydrogen-bond acceptors (Lipinski definition) is 4. The van der Waals surface area contributed by atoms with Gasteiger partial charge in [0.2, 0.25) is 0 Å². The van der Waals surface area contributed by atoms with Crippen LogP contribution in [0.1, 0.15) is 42.5 Å². The molecule has 0 bridgehead atoms. The molecule has 1 aromatic carbocycles. The first-order valence-electron chi connectivity index (χ1n) is 8.42. The molecule has 0 radical (unpaired) electrons. The summed E-state index contributed by atoms with van der Waals surface area (Å²) >= 11 is 0. The molecule has 1 unspecified atom stereocenters. The van der Waals surface area contributed by atoms with E-state index in [-0.39, 0.29) is 6.10 Å². The highest BCUT2D eigenvalue weighted by Gasteiger charge is 2.16. The molecule has 1 atom stereocenters. The minimum Gasteiger partial charge on any atom is -0.376 e.